The number of para-hydroxylation sites is 2. The number of aromatic nitrogens is 2. The van der Waals surface area contributed by atoms with E-state index >= 15 is 0 Å². The summed E-state index contributed by atoms with van der Waals surface area (Å²) < 4.78 is 15.1. The molecule has 3 aromatic carbocycles. The molecule has 0 saturated carbocycles. The van der Waals surface area contributed by atoms with Crippen LogP contribution in [0.2, 0.25) is 0 Å². The van der Waals surface area contributed by atoms with E-state index in [4.69, 9.17) is 0 Å². The van der Waals surface area contributed by atoms with Crippen molar-refractivity contribution in [2.75, 3.05) is 11.1 Å². The van der Waals surface area contributed by atoms with Gasteiger partial charge in [-0.15, -0.1) is 0 Å². The number of nitrogens with one attached hydrogen (secondary N) is 1. The maximum atomic E-state index is 13.6. The van der Waals surface area contributed by atoms with E-state index in [1.54, 1.807) is 24.3 Å². The highest BCUT2D eigenvalue weighted by molar-refractivity contribution is 7.99. The number of rotatable bonds is 6. The van der Waals surface area contributed by atoms with Gasteiger partial charge in [0.05, 0.1) is 27.3 Å². The minimum atomic E-state index is -0.990. The van der Waals surface area contributed by atoms with E-state index in [0.29, 0.717) is 21.7 Å². The molecular formula is C24H19FN4O4S. The minimum Gasteiger partial charge on any atom is -0.325 e. The van der Waals surface area contributed by atoms with Gasteiger partial charge in [0, 0.05) is 11.8 Å². The summed E-state index contributed by atoms with van der Waals surface area (Å²) in [7, 11) is 0. The first-order valence-corrected chi connectivity index (χ1v) is 11.2. The topological polar surface area (TPSA) is 107 Å². The average Bonchev–Trinajstić information content (AvgIpc) is 2.80. The van der Waals surface area contributed by atoms with E-state index in [1.807, 2.05) is 32.0 Å². The number of fused-ring (bicyclic) bond motifs is 1. The molecule has 0 aliphatic carbocycles. The van der Waals surface area contributed by atoms with Crippen molar-refractivity contribution in [2.24, 2.45) is 0 Å². The predicted octanol–water partition coefficient (Wildman–Crippen LogP) is 4.78. The number of carbonyl (C=O) groups is 1. The average molecular weight is 479 g/mol. The molecule has 1 aromatic heterocycles. The summed E-state index contributed by atoms with van der Waals surface area (Å²) in [5, 5.41) is 14.3. The Labute approximate surface area is 197 Å². The molecule has 0 aliphatic heterocycles. The van der Waals surface area contributed by atoms with E-state index in [-0.39, 0.29) is 17.0 Å². The van der Waals surface area contributed by atoms with Gasteiger partial charge in [-0.25, -0.2) is 4.98 Å². The number of carbonyl (C=O) groups excluding carboxylic acids is 1. The molecule has 0 spiro atoms. The van der Waals surface area contributed by atoms with Gasteiger partial charge in [0.2, 0.25) is 11.7 Å². The molecule has 0 saturated heterocycles. The lowest BCUT2D eigenvalue weighted by molar-refractivity contribution is -0.387. The summed E-state index contributed by atoms with van der Waals surface area (Å²) in [6.45, 7) is 3.79. The fraction of sp³-hybridized carbons (Fsp3) is 0.125. The van der Waals surface area contributed by atoms with Crippen LogP contribution < -0.4 is 10.9 Å². The second kappa shape index (κ2) is 9.44. The van der Waals surface area contributed by atoms with Crippen LogP contribution in [0.15, 0.2) is 70.6 Å². The van der Waals surface area contributed by atoms with E-state index in [9.17, 15) is 24.1 Å². The van der Waals surface area contributed by atoms with E-state index in [1.165, 1.54) is 10.6 Å². The summed E-state index contributed by atoms with van der Waals surface area (Å²) in [6, 6.07) is 15.8. The summed E-state index contributed by atoms with van der Waals surface area (Å²) in [5.41, 5.74) is 2.07. The van der Waals surface area contributed by atoms with Crippen LogP contribution in [0, 0.1) is 29.8 Å². The van der Waals surface area contributed by atoms with Gasteiger partial charge in [0.25, 0.3) is 5.56 Å². The van der Waals surface area contributed by atoms with Crippen molar-refractivity contribution in [3.63, 3.8) is 0 Å². The van der Waals surface area contributed by atoms with Crippen molar-refractivity contribution < 1.29 is 14.1 Å². The van der Waals surface area contributed by atoms with E-state index < -0.39 is 22.3 Å². The van der Waals surface area contributed by atoms with Crippen LogP contribution in [-0.2, 0) is 4.79 Å². The van der Waals surface area contributed by atoms with Crippen molar-refractivity contribution in [3.8, 4) is 5.69 Å². The van der Waals surface area contributed by atoms with Crippen LogP contribution >= 0.6 is 11.8 Å². The van der Waals surface area contributed by atoms with Crippen molar-refractivity contribution in [3.05, 3.63) is 98.1 Å². The van der Waals surface area contributed by atoms with E-state index in [2.05, 4.69) is 10.3 Å². The highest BCUT2D eigenvalue weighted by Gasteiger charge is 2.19. The first-order chi connectivity index (χ1) is 16.3. The Balaban J connectivity index is 1.68. The Bertz CT molecular complexity index is 1480. The number of nitro benzene ring substituents is 1. The molecule has 10 heteroatoms. The molecule has 8 nitrogen and oxygen atoms in total. The quantitative estimate of drug-likeness (QED) is 0.185. The molecule has 4 rings (SSSR count). The highest BCUT2D eigenvalue weighted by atomic mass is 32.2. The number of halogens is 1. The molecular weight excluding hydrogens is 459 g/mol. The zero-order chi connectivity index (χ0) is 24.4. The number of thioether (sulfide) groups is 1. The summed E-state index contributed by atoms with van der Waals surface area (Å²) >= 11 is 1.06. The fourth-order valence-electron chi connectivity index (χ4n) is 3.62. The molecule has 0 bridgehead atoms. The Kier molecular flexibility index (Phi) is 6.42. The molecule has 1 N–H and O–H groups in total. The number of anilines is 1. The fourth-order valence-corrected chi connectivity index (χ4v) is 4.42. The van der Waals surface area contributed by atoms with Gasteiger partial charge in [0.15, 0.2) is 5.16 Å². The van der Waals surface area contributed by atoms with Crippen molar-refractivity contribution in [1.29, 1.82) is 0 Å². The first kappa shape index (κ1) is 23.1. The van der Waals surface area contributed by atoms with E-state index in [0.717, 1.165) is 35.0 Å². The van der Waals surface area contributed by atoms with Crippen molar-refractivity contribution >= 4 is 39.9 Å². The van der Waals surface area contributed by atoms with Gasteiger partial charge in [-0.3, -0.25) is 24.3 Å². The van der Waals surface area contributed by atoms with Crippen LogP contribution in [0.25, 0.3) is 16.6 Å². The molecule has 0 atom stereocenters. The van der Waals surface area contributed by atoms with Crippen molar-refractivity contribution in [1.82, 2.24) is 9.55 Å². The molecule has 34 heavy (non-hydrogen) atoms. The molecule has 0 unspecified atom stereocenters. The van der Waals surface area contributed by atoms with Gasteiger partial charge in [-0.05, 0) is 49.2 Å². The lowest BCUT2D eigenvalue weighted by Gasteiger charge is -2.17. The Hall–Kier alpha value is -4.05. The number of hydrogen-bond acceptors (Lipinski definition) is 6. The third-order valence-corrected chi connectivity index (χ3v) is 6.11. The maximum Gasteiger partial charge on any atom is 0.306 e. The van der Waals surface area contributed by atoms with Gasteiger partial charge in [0.1, 0.15) is 0 Å². The van der Waals surface area contributed by atoms with Gasteiger partial charge < -0.3 is 5.32 Å². The molecule has 0 aliphatic rings. The van der Waals surface area contributed by atoms with Crippen molar-refractivity contribution in [2.45, 2.75) is 19.0 Å². The van der Waals surface area contributed by atoms with Crippen LogP contribution in [0.4, 0.5) is 15.8 Å². The number of benzene rings is 3. The standard InChI is InChI=1S/C24H19FN4O4S/c1-14-6-5-7-15(2)22(14)28-23(31)17-8-3-4-9-19(17)27-24(28)34-13-21(30)26-16-10-11-18(25)20(12-16)29(32)33/h3-12H,13H2,1-2H3,(H,26,30). The normalized spacial score (nSPS) is 10.9. The second-order valence-electron chi connectivity index (χ2n) is 7.55. The molecule has 1 heterocycles. The largest absolute Gasteiger partial charge is 0.325 e. The third kappa shape index (κ3) is 4.53. The zero-order valence-electron chi connectivity index (χ0n) is 18.2. The van der Waals surface area contributed by atoms with Gasteiger partial charge in [-0.1, -0.05) is 42.1 Å². The second-order valence-corrected chi connectivity index (χ2v) is 8.50. The molecule has 4 aromatic rings. The summed E-state index contributed by atoms with van der Waals surface area (Å²) in [5.74, 6) is -1.60. The molecule has 0 fully saturated rings. The Morgan fingerprint density at radius 1 is 1.12 bits per heavy atom. The Morgan fingerprint density at radius 3 is 2.53 bits per heavy atom. The maximum absolute atomic E-state index is 13.6. The lowest BCUT2D eigenvalue weighted by atomic mass is 10.1. The number of aryl methyl sites for hydroxylation is 2. The predicted molar refractivity (Wildman–Crippen MR) is 129 cm³/mol. The first-order valence-electron chi connectivity index (χ1n) is 10.2. The van der Waals surface area contributed by atoms with Crippen LogP contribution in [0.5, 0.6) is 0 Å². The summed E-state index contributed by atoms with van der Waals surface area (Å²) in [4.78, 5) is 40.7. The lowest BCUT2D eigenvalue weighted by Crippen LogP contribution is -2.24. The van der Waals surface area contributed by atoms with Crippen LogP contribution in [0.3, 0.4) is 0 Å². The molecule has 0 radical (unpaired) electrons. The number of amides is 1. The number of hydrogen-bond donors (Lipinski definition) is 1. The summed E-state index contributed by atoms with van der Waals surface area (Å²) in [6.07, 6.45) is 0. The highest BCUT2D eigenvalue weighted by Crippen LogP contribution is 2.26. The third-order valence-electron chi connectivity index (χ3n) is 5.17. The number of nitrogens with zero attached hydrogens (tertiary/aromatic N) is 3. The monoisotopic (exact) mass is 478 g/mol. The Morgan fingerprint density at radius 2 is 1.82 bits per heavy atom. The smallest absolute Gasteiger partial charge is 0.306 e. The van der Waals surface area contributed by atoms with Gasteiger partial charge >= 0.3 is 5.69 Å². The van der Waals surface area contributed by atoms with Gasteiger partial charge in [-0.2, -0.15) is 4.39 Å². The molecule has 1 amide bonds. The molecule has 172 valence electrons. The van der Waals surface area contributed by atoms with Crippen LogP contribution in [0.1, 0.15) is 11.1 Å². The zero-order valence-corrected chi connectivity index (χ0v) is 19.1. The van der Waals surface area contributed by atoms with Crippen LogP contribution in [-0.4, -0.2) is 26.1 Å². The number of nitro groups is 1. The SMILES string of the molecule is Cc1cccc(C)c1-n1c(SCC(=O)Nc2ccc(F)c([N+](=O)[O-])c2)nc2ccccc2c1=O. The minimum absolute atomic E-state index is 0.0947.